The summed E-state index contributed by atoms with van der Waals surface area (Å²) in [7, 11) is 1.57. The predicted octanol–water partition coefficient (Wildman–Crippen LogP) is 3.85. The molecule has 0 unspecified atom stereocenters. The zero-order valence-electron chi connectivity index (χ0n) is 17.3. The summed E-state index contributed by atoms with van der Waals surface area (Å²) >= 11 is 0. The maximum absolute atomic E-state index is 12.9. The Balaban J connectivity index is 1.46. The van der Waals surface area contributed by atoms with Gasteiger partial charge in [0.15, 0.2) is 0 Å². The summed E-state index contributed by atoms with van der Waals surface area (Å²) in [5.41, 5.74) is 7.84. The van der Waals surface area contributed by atoms with Gasteiger partial charge in [0.05, 0.1) is 35.7 Å². The lowest BCUT2D eigenvalue weighted by molar-refractivity contribution is 0.0948. The molecule has 156 valence electrons. The highest BCUT2D eigenvalue weighted by Crippen LogP contribution is 2.42. The van der Waals surface area contributed by atoms with Gasteiger partial charge in [-0.1, -0.05) is 12.1 Å². The van der Waals surface area contributed by atoms with Crippen molar-refractivity contribution in [1.29, 1.82) is 5.26 Å². The van der Waals surface area contributed by atoms with Gasteiger partial charge < -0.3 is 10.1 Å². The molecule has 2 N–H and O–H groups in total. The lowest BCUT2D eigenvalue weighted by Crippen LogP contribution is -2.23. The highest BCUT2D eigenvalue weighted by molar-refractivity contribution is 5.99. The number of carbonyl (C=O) groups is 1. The van der Waals surface area contributed by atoms with Gasteiger partial charge in [0, 0.05) is 42.0 Å². The van der Waals surface area contributed by atoms with Gasteiger partial charge >= 0.3 is 0 Å². The minimum atomic E-state index is -0.207. The Labute approximate surface area is 184 Å². The maximum atomic E-state index is 12.9. The van der Waals surface area contributed by atoms with Gasteiger partial charge in [-0.3, -0.25) is 14.9 Å². The molecule has 4 aromatic rings. The average Bonchev–Trinajstić information content (AvgIpc) is 3.41. The highest BCUT2D eigenvalue weighted by atomic mass is 16.5. The summed E-state index contributed by atoms with van der Waals surface area (Å²) in [6.45, 7) is 0.403. The molecule has 0 fully saturated rings. The molecule has 7 nitrogen and oxygen atoms in total. The second-order valence-electron chi connectivity index (χ2n) is 7.54. The second kappa shape index (κ2) is 8.00. The molecule has 2 aromatic carbocycles. The van der Waals surface area contributed by atoms with E-state index in [2.05, 4.69) is 26.6 Å². The molecule has 0 bridgehead atoms. The number of rotatable bonds is 5. The first-order chi connectivity index (χ1) is 15.7. The SMILES string of the molecule is COc1cc2c(cc1C(=O)NCc1ccncc1)-c1[nH]nc(-c3ccc(C#N)cc3)c1C2. The minimum Gasteiger partial charge on any atom is -0.496 e. The summed E-state index contributed by atoms with van der Waals surface area (Å²) in [6.07, 6.45) is 4.08. The quantitative estimate of drug-likeness (QED) is 0.449. The summed E-state index contributed by atoms with van der Waals surface area (Å²) in [5.74, 6) is 0.329. The maximum Gasteiger partial charge on any atom is 0.255 e. The molecule has 2 aromatic heterocycles. The van der Waals surface area contributed by atoms with Crippen molar-refractivity contribution in [3.63, 3.8) is 0 Å². The molecule has 7 heteroatoms. The van der Waals surface area contributed by atoms with Gasteiger partial charge in [-0.25, -0.2) is 0 Å². The van der Waals surface area contributed by atoms with Gasteiger partial charge in [0.25, 0.3) is 5.91 Å². The first kappa shape index (κ1) is 19.5. The molecule has 5 rings (SSSR count). The molecule has 0 saturated carbocycles. The number of nitriles is 1. The van der Waals surface area contributed by atoms with Crippen molar-refractivity contribution < 1.29 is 9.53 Å². The molecule has 0 spiro atoms. The molecular weight excluding hydrogens is 402 g/mol. The molecule has 0 saturated heterocycles. The highest BCUT2D eigenvalue weighted by Gasteiger charge is 2.28. The number of benzene rings is 2. The first-order valence-corrected chi connectivity index (χ1v) is 10.1. The normalized spacial score (nSPS) is 11.4. The number of fused-ring (bicyclic) bond motifs is 3. The van der Waals surface area contributed by atoms with Crippen molar-refractivity contribution in [2.24, 2.45) is 0 Å². The summed E-state index contributed by atoms with van der Waals surface area (Å²) in [4.78, 5) is 16.9. The standard InChI is InChI=1S/C25H19N5O2/c1-32-22-11-18-10-21-23(17-4-2-15(13-26)3-5-17)29-30-24(21)19(18)12-20(22)25(31)28-14-16-6-8-27-9-7-16/h2-9,11-12H,10,14H2,1H3,(H,28,31)(H,29,30). The van der Waals surface area contributed by atoms with Crippen LogP contribution in [-0.2, 0) is 13.0 Å². The van der Waals surface area contributed by atoms with E-state index >= 15 is 0 Å². The number of hydrogen-bond acceptors (Lipinski definition) is 5. The van der Waals surface area contributed by atoms with Gasteiger partial charge in [0.1, 0.15) is 5.75 Å². The Hall–Kier alpha value is -4.44. The minimum absolute atomic E-state index is 0.207. The van der Waals surface area contributed by atoms with Crippen molar-refractivity contribution in [3.8, 4) is 34.3 Å². The Bertz CT molecular complexity index is 1350. The van der Waals surface area contributed by atoms with E-state index in [1.54, 1.807) is 31.6 Å². The Morgan fingerprint density at radius 2 is 1.97 bits per heavy atom. The van der Waals surface area contributed by atoms with Gasteiger partial charge in [-0.2, -0.15) is 10.4 Å². The van der Waals surface area contributed by atoms with E-state index in [0.29, 0.717) is 29.8 Å². The van der Waals surface area contributed by atoms with Crippen molar-refractivity contribution in [1.82, 2.24) is 20.5 Å². The molecule has 0 radical (unpaired) electrons. The van der Waals surface area contributed by atoms with Gasteiger partial charge in [0.2, 0.25) is 0 Å². The number of carbonyl (C=O) groups excluding carboxylic acids is 1. The fraction of sp³-hybridized carbons (Fsp3) is 0.120. The van der Waals surface area contributed by atoms with Crippen LogP contribution < -0.4 is 10.1 Å². The van der Waals surface area contributed by atoms with Crippen molar-refractivity contribution >= 4 is 5.91 Å². The van der Waals surface area contributed by atoms with Crippen molar-refractivity contribution in [2.45, 2.75) is 13.0 Å². The van der Waals surface area contributed by atoms with Crippen LogP contribution in [0.5, 0.6) is 5.75 Å². The van der Waals surface area contributed by atoms with E-state index < -0.39 is 0 Å². The van der Waals surface area contributed by atoms with Crippen LogP contribution in [0.25, 0.3) is 22.5 Å². The topological polar surface area (TPSA) is 104 Å². The zero-order valence-corrected chi connectivity index (χ0v) is 17.3. The molecule has 32 heavy (non-hydrogen) atoms. The average molecular weight is 421 g/mol. The number of ether oxygens (including phenoxy) is 1. The number of aromatic amines is 1. The summed E-state index contributed by atoms with van der Waals surface area (Å²) in [5, 5.41) is 19.6. The molecule has 1 aliphatic carbocycles. The lowest BCUT2D eigenvalue weighted by atomic mass is 10.0. The fourth-order valence-electron chi connectivity index (χ4n) is 4.02. The van der Waals surface area contributed by atoms with Gasteiger partial charge in [-0.05, 0) is 47.5 Å². The van der Waals surface area contributed by atoms with E-state index in [4.69, 9.17) is 10.00 Å². The van der Waals surface area contributed by atoms with Crippen LogP contribution in [0.4, 0.5) is 0 Å². The first-order valence-electron chi connectivity index (χ1n) is 10.1. The number of hydrogen-bond donors (Lipinski definition) is 2. The molecule has 1 aliphatic rings. The summed E-state index contributed by atoms with van der Waals surface area (Å²) in [6, 6.07) is 17.0. The van der Waals surface area contributed by atoms with Crippen molar-refractivity contribution in [2.75, 3.05) is 7.11 Å². The van der Waals surface area contributed by atoms with E-state index in [9.17, 15) is 4.79 Å². The largest absolute Gasteiger partial charge is 0.496 e. The monoisotopic (exact) mass is 421 g/mol. The van der Waals surface area contributed by atoms with Crippen LogP contribution >= 0.6 is 0 Å². The van der Waals surface area contributed by atoms with Gasteiger partial charge in [-0.15, -0.1) is 0 Å². The Morgan fingerprint density at radius 3 is 2.69 bits per heavy atom. The van der Waals surface area contributed by atoms with Crippen LogP contribution in [0.15, 0.2) is 60.9 Å². The second-order valence-corrected chi connectivity index (χ2v) is 7.54. The van der Waals surface area contributed by atoms with E-state index in [-0.39, 0.29) is 5.91 Å². The van der Waals surface area contributed by atoms with Crippen LogP contribution in [0, 0.1) is 11.3 Å². The molecule has 2 heterocycles. The molecular formula is C25H19N5O2. The number of pyridine rings is 1. The number of nitrogens with zero attached hydrogens (tertiary/aromatic N) is 3. The third kappa shape index (κ3) is 3.38. The predicted molar refractivity (Wildman–Crippen MR) is 119 cm³/mol. The third-order valence-electron chi connectivity index (χ3n) is 5.66. The van der Waals surface area contributed by atoms with E-state index in [1.807, 2.05) is 36.4 Å². The Kier molecular flexibility index (Phi) is 4.88. The third-order valence-corrected chi connectivity index (χ3v) is 5.66. The fourth-order valence-corrected chi connectivity index (χ4v) is 4.02. The molecule has 1 amide bonds. The van der Waals surface area contributed by atoms with Crippen LogP contribution in [-0.4, -0.2) is 28.2 Å². The number of methoxy groups -OCH3 is 1. The number of H-pyrrole nitrogens is 1. The zero-order chi connectivity index (χ0) is 22.1. The van der Waals surface area contributed by atoms with Crippen molar-refractivity contribution in [3.05, 3.63) is 88.7 Å². The van der Waals surface area contributed by atoms with Crippen LogP contribution in [0.2, 0.25) is 0 Å². The number of aromatic nitrogens is 3. The summed E-state index contributed by atoms with van der Waals surface area (Å²) < 4.78 is 5.53. The van der Waals surface area contributed by atoms with Crippen LogP contribution in [0.3, 0.4) is 0 Å². The molecule has 0 aliphatic heterocycles. The lowest BCUT2D eigenvalue weighted by Gasteiger charge is -2.12. The smallest absolute Gasteiger partial charge is 0.255 e. The number of amides is 1. The van der Waals surface area contributed by atoms with Crippen LogP contribution in [0.1, 0.15) is 32.6 Å². The Morgan fingerprint density at radius 1 is 1.19 bits per heavy atom. The molecule has 0 atom stereocenters. The van der Waals surface area contributed by atoms with E-state index in [0.717, 1.165) is 39.2 Å². The van der Waals surface area contributed by atoms with E-state index in [1.165, 1.54) is 0 Å². The number of nitrogens with one attached hydrogen (secondary N) is 2.